The van der Waals surface area contributed by atoms with Crippen LogP contribution in [0.4, 0.5) is 0 Å². The topological polar surface area (TPSA) is 71.9 Å². The number of carbonyl (C=O) groups is 1. The minimum atomic E-state index is -0.337. The fraction of sp³-hybridized carbons (Fsp3) is 0.304. The Morgan fingerprint density at radius 2 is 1.93 bits per heavy atom. The zero-order chi connectivity index (χ0) is 20.2. The molecule has 1 unspecified atom stereocenters. The van der Waals surface area contributed by atoms with Gasteiger partial charge in [-0.25, -0.2) is 0 Å². The van der Waals surface area contributed by atoms with Crippen molar-refractivity contribution >= 4 is 16.7 Å². The molecule has 0 bridgehead atoms. The van der Waals surface area contributed by atoms with Crippen molar-refractivity contribution in [1.29, 1.82) is 0 Å². The maximum Gasteiger partial charge on any atom is 0.309 e. The van der Waals surface area contributed by atoms with Crippen molar-refractivity contribution < 1.29 is 19.4 Å². The van der Waals surface area contributed by atoms with Crippen molar-refractivity contribution in [3.8, 4) is 5.75 Å². The van der Waals surface area contributed by atoms with Gasteiger partial charge in [-0.15, -0.1) is 0 Å². The summed E-state index contributed by atoms with van der Waals surface area (Å²) in [6.45, 7) is 2.72. The summed E-state index contributed by atoms with van der Waals surface area (Å²) >= 11 is 0. The average molecular weight is 392 g/mol. The third kappa shape index (κ3) is 3.95. The van der Waals surface area contributed by atoms with Crippen molar-refractivity contribution in [2.24, 2.45) is 0 Å². The number of aromatic nitrogens is 1. The molecule has 6 nitrogen and oxygen atoms in total. The maximum atomic E-state index is 12.2. The summed E-state index contributed by atoms with van der Waals surface area (Å²) in [5.74, 6) is -0.133. The number of hydrogen-bond donors (Lipinski definition) is 1. The second-order valence-corrected chi connectivity index (χ2v) is 7.10. The van der Waals surface area contributed by atoms with E-state index in [9.17, 15) is 9.90 Å². The molecule has 0 saturated carbocycles. The molecule has 29 heavy (non-hydrogen) atoms. The molecule has 2 heterocycles. The second kappa shape index (κ2) is 8.59. The predicted molar refractivity (Wildman–Crippen MR) is 110 cm³/mol. The molecule has 2 aromatic carbocycles. The van der Waals surface area contributed by atoms with Crippen LogP contribution in [0.1, 0.15) is 22.7 Å². The van der Waals surface area contributed by atoms with E-state index in [1.54, 1.807) is 12.4 Å². The Kier molecular flexibility index (Phi) is 5.74. The van der Waals surface area contributed by atoms with Crippen LogP contribution in [-0.4, -0.2) is 54.4 Å². The van der Waals surface area contributed by atoms with Crippen LogP contribution in [0.5, 0.6) is 5.75 Å². The highest BCUT2D eigenvalue weighted by atomic mass is 16.5. The molecule has 3 aromatic rings. The molecule has 1 fully saturated rings. The quantitative estimate of drug-likeness (QED) is 0.673. The van der Waals surface area contributed by atoms with E-state index in [1.165, 1.54) is 7.11 Å². The maximum absolute atomic E-state index is 12.2. The molecule has 0 aliphatic carbocycles. The number of methoxy groups -OCH3 is 1. The Morgan fingerprint density at radius 3 is 2.66 bits per heavy atom. The molecule has 150 valence electrons. The lowest BCUT2D eigenvalue weighted by molar-refractivity contribution is -0.139. The molecule has 4 rings (SSSR count). The highest BCUT2D eigenvalue weighted by Gasteiger charge is 2.30. The Bertz CT molecular complexity index is 1000. The number of carbonyl (C=O) groups excluding carboxylic acids is 1. The van der Waals surface area contributed by atoms with Crippen molar-refractivity contribution in [2.45, 2.75) is 12.5 Å². The summed E-state index contributed by atoms with van der Waals surface area (Å²) in [6, 6.07) is 13.3. The van der Waals surface area contributed by atoms with Gasteiger partial charge in [0.25, 0.3) is 0 Å². The van der Waals surface area contributed by atoms with E-state index in [1.807, 2.05) is 42.5 Å². The van der Waals surface area contributed by atoms with Gasteiger partial charge in [0.2, 0.25) is 0 Å². The molecule has 1 aliphatic rings. The van der Waals surface area contributed by atoms with Gasteiger partial charge in [-0.1, -0.05) is 24.3 Å². The van der Waals surface area contributed by atoms with E-state index >= 15 is 0 Å². The lowest BCUT2D eigenvalue weighted by Crippen LogP contribution is -2.40. The van der Waals surface area contributed by atoms with Gasteiger partial charge in [-0.3, -0.25) is 14.7 Å². The Hall–Kier alpha value is -2.96. The molecule has 6 heteroatoms. The predicted octanol–water partition coefficient (Wildman–Crippen LogP) is 3.08. The number of aromatic hydroxyl groups is 1. The molecular weight excluding hydrogens is 368 g/mol. The number of rotatable bonds is 5. The monoisotopic (exact) mass is 392 g/mol. The Morgan fingerprint density at radius 1 is 1.21 bits per heavy atom. The number of phenols is 1. The van der Waals surface area contributed by atoms with Gasteiger partial charge in [0.15, 0.2) is 0 Å². The van der Waals surface area contributed by atoms with Crippen LogP contribution in [0, 0.1) is 0 Å². The van der Waals surface area contributed by atoms with Crippen LogP contribution in [0.25, 0.3) is 10.8 Å². The Labute approximate surface area is 169 Å². The minimum Gasteiger partial charge on any atom is -0.507 e. The number of phenolic OH excluding ortho intramolecular Hbond substituents is 1. The SMILES string of the molecule is COC(=O)Cc1cc2ccccc2c(O)c1C(c1ccncc1)N1CCOCC1. The third-order valence-electron chi connectivity index (χ3n) is 5.42. The first-order chi connectivity index (χ1) is 14.2. The van der Waals surface area contributed by atoms with Crippen LogP contribution >= 0.6 is 0 Å². The van der Waals surface area contributed by atoms with Crippen LogP contribution in [0.3, 0.4) is 0 Å². The fourth-order valence-electron chi connectivity index (χ4n) is 4.02. The summed E-state index contributed by atoms with van der Waals surface area (Å²) < 4.78 is 10.5. The molecule has 1 saturated heterocycles. The van der Waals surface area contributed by atoms with Crippen molar-refractivity contribution in [1.82, 2.24) is 9.88 Å². The highest BCUT2D eigenvalue weighted by Crippen LogP contribution is 2.41. The lowest BCUT2D eigenvalue weighted by Gasteiger charge is -2.36. The molecule has 0 spiro atoms. The Balaban J connectivity index is 1.94. The number of hydrogen-bond acceptors (Lipinski definition) is 6. The first-order valence-electron chi connectivity index (χ1n) is 9.71. The zero-order valence-corrected chi connectivity index (χ0v) is 16.4. The average Bonchev–Trinajstić information content (AvgIpc) is 2.77. The summed E-state index contributed by atoms with van der Waals surface area (Å²) in [6.07, 6.45) is 3.60. The van der Waals surface area contributed by atoms with Gasteiger partial charge < -0.3 is 14.6 Å². The molecule has 1 atom stereocenters. The number of fused-ring (bicyclic) bond motifs is 1. The second-order valence-electron chi connectivity index (χ2n) is 7.10. The number of nitrogens with zero attached hydrogens (tertiary/aromatic N) is 2. The van der Waals surface area contributed by atoms with Gasteiger partial charge in [-0.05, 0) is 34.7 Å². The third-order valence-corrected chi connectivity index (χ3v) is 5.42. The number of benzene rings is 2. The summed E-state index contributed by atoms with van der Waals surface area (Å²) in [5, 5.41) is 13.0. The van der Waals surface area contributed by atoms with E-state index in [0.29, 0.717) is 13.2 Å². The highest BCUT2D eigenvalue weighted by molar-refractivity contribution is 5.91. The summed E-state index contributed by atoms with van der Waals surface area (Å²) in [4.78, 5) is 18.6. The lowest BCUT2D eigenvalue weighted by atomic mass is 9.88. The van der Waals surface area contributed by atoms with Crippen LogP contribution in [0.2, 0.25) is 0 Å². The van der Waals surface area contributed by atoms with E-state index in [-0.39, 0.29) is 24.2 Å². The van der Waals surface area contributed by atoms with Crippen molar-refractivity contribution in [2.75, 3.05) is 33.4 Å². The number of esters is 1. The van der Waals surface area contributed by atoms with Crippen LogP contribution < -0.4 is 0 Å². The summed E-state index contributed by atoms with van der Waals surface area (Å²) in [7, 11) is 1.38. The van der Waals surface area contributed by atoms with Gasteiger partial charge in [0.05, 0.1) is 32.8 Å². The first kappa shape index (κ1) is 19.4. The first-order valence-corrected chi connectivity index (χ1v) is 9.71. The molecule has 1 aromatic heterocycles. The standard InChI is InChI=1S/C23H24N2O4/c1-28-20(26)15-18-14-17-4-2-3-5-19(17)23(27)21(18)22(16-6-8-24-9-7-16)25-10-12-29-13-11-25/h2-9,14,22,27H,10-13,15H2,1H3. The summed E-state index contributed by atoms with van der Waals surface area (Å²) in [5.41, 5.74) is 2.52. The largest absolute Gasteiger partial charge is 0.507 e. The number of pyridine rings is 1. The minimum absolute atomic E-state index is 0.0934. The molecular formula is C23H24N2O4. The van der Waals surface area contributed by atoms with Crippen molar-refractivity contribution in [3.05, 3.63) is 71.5 Å². The molecule has 0 radical (unpaired) electrons. The van der Waals surface area contributed by atoms with E-state index in [0.717, 1.165) is 40.6 Å². The van der Waals surface area contributed by atoms with Gasteiger partial charge >= 0.3 is 5.97 Å². The number of morpholine rings is 1. The fourth-order valence-corrected chi connectivity index (χ4v) is 4.02. The van der Waals surface area contributed by atoms with E-state index in [4.69, 9.17) is 9.47 Å². The van der Waals surface area contributed by atoms with E-state index < -0.39 is 0 Å². The zero-order valence-electron chi connectivity index (χ0n) is 16.4. The van der Waals surface area contributed by atoms with Crippen LogP contribution in [-0.2, 0) is 20.7 Å². The smallest absolute Gasteiger partial charge is 0.309 e. The van der Waals surface area contributed by atoms with Gasteiger partial charge in [0.1, 0.15) is 5.75 Å². The van der Waals surface area contributed by atoms with Gasteiger partial charge in [0, 0.05) is 36.4 Å². The van der Waals surface area contributed by atoms with Crippen LogP contribution in [0.15, 0.2) is 54.9 Å². The van der Waals surface area contributed by atoms with Crippen molar-refractivity contribution in [3.63, 3.8) is 0 Å². The molecule has 1 aliphatic heterocycles. The van der Waals surface area contributed by atoms with Gasteiger partial charge in [-0.2, -0.15) is 0 Å². The molecule has 1 N–H and O–H groups in total. The normalized spacial score (nSPS) is 15.9. The van der Waals surface area contributed by atoms with E-state index in [2.05, 4.69) is 9.88 Å². The number of ether oxygens (including phenoxy) is 2. The molecule has 0 amide bonds.